The number of carbonyl (C=O) groups excluding carboxylic acids is 1. The van der Waals surface area contributed by atoms with Crippen LogP contribution in [0.1, 0.15) is 54.4 Å². The summed E-state index contributed by atoms with van der Waals surface area (Å²) in [6.07, 6.45) is 7.00. The predicted octanol–water partition coefficient (Wildman–Crippen LogP) is 2.51. The molecule has 1 aromatic rings. The van der Waals surface area contributed by atoms with Crippen LogP contribution in [-0.4, -0.2) is 27.4 Å². The van der Waals surface area contributed by atoms with E-state index in [1.54, 1.807) is 0 Å². The van der Waals surface area contributed by atoms with Crippen molar-refractivity contribution in [1.29, 1.82) is 0 Å². The van der Waals surface area contributed by atoms with Gasteiger partial charge in [0.05, 0.1) is 6.61 Å². The number of ether oxygens (including phenoxy) is 1. The maximum atomic E-state index is 11.7. The van der Waals surface area contributed by atoms with Crippen molar-refractivity contribution in [1.82, 2.24) is 4.72 Å². The molecule has 0 heterocycles. The minimum atomic E-state index is -2.50. The van der Waals surface area contributed by atoms with Gasteiger partial charge in [-0.2, -0.15) is 0 Å². The van der Waals surface area contributed by atoms with Gasteiger partial charge in [-0.15, -0.1) is 0 Å². The Morgan fingerprint density at radius 1 is 1.12 bits per heavy atom. The van der Waals surface area contributed by atoms with Crippen molar-refractivity contribution < 1.29 is 17.9 Å². The highest BCUT2D eigenvalue weighted by atomic mass is 32.2. The number of ketones is 1. The number of nitrogens with one attached hydrogen (secondary N) is 1. The van der Waals surface area contributed by atoms with Gasteiger partial charge >= 0.3 is 0 Å². The van der Waals surface area contributed by atoms with Crippen LogP contribution in [0.3, 0.4) is 0 Å². The van der Waals surface area contributed by atoms with Crippen LogP contribution in [0.15, 0.2) is 18.2 Å². The SMILES string of the molecule is O=C1CCc2cc(OCC3CCCCC3CCN[SH](=O)=O)ccc21. The molecule has 0 saturated heterocycles. The molecule has 3 rings (SSSR count). The summed E-state index contributed by atoms with van der Waals surface area (Å²) < 4.78 is 29.8. The summed E-state index contributed by atoms with van der Waals surface area (Å²) in [5.41, 5.74) is 1.94. The fourth-order valence-electron chi connectivity index (χ4n) is 3.95. The van der Waals surface area contributed by atoms with Crippen molar-refractivity contribution in [3.05, 3.63) is 29.3 Å². The Hall–Kier alpha value is -1.40. The van der Waals surface area contributed by atoms with Gasteiger partial charge in [0, 0.05) is 18.5 Å². The van der Waals surface area contributed by atoms with E-state index >= 15 is 0 Å². The van der Waals surface area contributed by atoms with E-state index in [0.717, 1.165) is 42.6 Å². The molecule has 2 unspecified atom stereocenters. The summed E-state index contributed by atoms with van der Waals surface area (Å²) in [4.78, 5) is 11.7. The highest BCUT2D eigenvalue weighted by Crippen LogP contribution is 2.33. The average Bonchev–Trinajstić information content (AvgIpc) is 2.94. The lowest BCUT2D eigenvalue weighted by atomic mass is 9.78. The third kappa shape index (κ3) is 4.36. The first-order valence-electron chi connectivity index (χ1n) is 8.80. The molecule has 1 fully saturated rings. The van der Waals surface area contributed by atoms with Gasteiger partial charge in [-0.3, -0.25) is 4.79 Å². The maximum Gasteiger partial charge on any atom is 0.201 e. The van der Waals surface area contributed by atoms with Crippen molar-refractivity contribution in [3.8, 4) is 5.75 Å². The molecule has 0 bridgehead atoms. The first-order valence-corrected chi connectivity index (χ1v) is 9.98. The lowest BCUT2D eigenvalue weighted by molar-refractivity contribution is 0.0994. The Morgan fingerprint density at radius 3 is 2.71 bits per heavy atom. The maximum absolute atomic E-state index is 11.7. The van der Waals surface area contributed by atoms with Gasteiger partial charge < -0.3 is 4.74 Å². The van der Waals surface area contributed by atoms with Crippen molar-refractivity contribution in [3.63, 3.8) is 0 Å². The Labute approximate surface area is 144 Å². The molecule has 0 radical (unpaired) electrons. The minimum Gasteiger partial charge on any atom is -0.493 e. The highest BCUT2D eigenvalue weighted by Gasteiger charge is 2.26. The van der Waals surface area contributed by atoms with E-state index in [2.05, 4.69) is 4.72 Å². The molecule has 5 nitrogen and oxygen atoms in total. The summed E-state index contributed by atoms with van der Waals surface area (Å²) in [7, 11) is -2.50. The summed E-state index contributed by atoms with van der Waals surface area (Å²) in [6, 6.07) is 5.78. The molecule has 1 N–H and O–H groups in total. The molecule has 2 aliphatic rings. The van der Waals surface area contributed by atoms with Crippen molar-refractivity contribution in [2.24, 2.45) is 11.8 Å². The van der Waals surface area contributed by atoms with Crippen LogP contribution in [0.2, 0.25) is 0 Å². The minimum absolute atomic E-state index is 0.230. The van der Waals surface area contributed by atoms with Crippen molar-refractivity contribution in [2.45, 2.75) is 44.9 Å². The van der Waals surface area contributed by atoms with Gasteiger partial charge in [0.15, 0.2) is 5.78 Å². The second-order valence-electron chi connectivity index (χ2n) is 6.81. The molecule has 0 aliphatic heterocycles. The number of carbonyl (C=O) groups is 1. The van der Waals surface area contributed by atoms with E-state index in [1.807, 2.05) is 18.2 Å². The van der Waals surface area contributed by atoms with E-state index in [-0.39, 0.29) is 5.78 Å². The quantitative estimate of drug-likeness (QED) is 0.741. The fraction of sp³-hybridized carbons (Fsp3) is 0.611. The molecule has 0 aromatic heterocycles. The van der Waals surface area contributed by atoms with E-state index in [0.29, 0.717) is 31.4 Å². The summed E-state index contributed by atoms with van der Waals surface area (Å²) in [6.45, 7) is 1.18. The largest absolute Gasteiger partial charge is 0.493 e. The topological polar surface area (TPSA) is 72.5 Å². The Kier molecular flexibility index (Phi) is 5.89. The highest BCUT2D eigenvalue weighted by molar-refractivity contribution is 7.70. The molecule has 2 atom stereocenters. The number of hydrogen-bond acceptors (Lipinski definition) is 4. The lowest BCUT2D eigenvalue weighted by Crippen LogP contribution is -2.28. The zero-order valence-corrected chi connectivity index (χ0v) is 14.7. The fourth-order valence-corrected chi connectivity index (χ4v) is 4.26. The zero-order chi connectivity index (χ0) is 16.9. The van der Waals surface area contributed by atoms with Gasteiger partial charge in [-0.25, -0.2) is 13.1 Å². The van der Waals surface area contributed by atoms with Gasteiger partial charge in [0.2, 0.25) is 10.9 Å². The van der Waals surface area contributed by atoms with Gasteiger partial charge in [-0.1, -0.05) is 19.3 Å². The summed E-state index contributed by atoms with van der Waals surface area (Å²) >= 11 is 0. The number of benzene rings is 1. The number of fused-ring (bicyclic) bond motifs is 1. The monoisotopic (exact) mass is 351 g/mol. The lowest BCUT2D eigenvalue weighted by Gasteiger charge is -2.31. The van der Waals surface area contributed by atoms with Crippen LogP contribution in [0.5, 0.6) is 5.75 Å². The van der Waals surface area contributed by atoms with E-state index in [4.69, 9.17) is 4.74 Å². The molecule has 24 heavy (non-hydrogen) atoms. The number of thiol groups is 1. The molecule has 6 heteroatoms. The van der Waals surface area contributed by atoms with Gasteiger partial charge in [0.25, 0.3) is 0 Å². The Bertz CT molecular complexity index is 663. The average molecular weight is 351 g/mol. The smallest absolute Gasteiger partial charge is 0.201 e. The standard InChI is InChI=1S/C18H25NO4S/c20-18-8-5-14-11-16(6-7-17(14)18)23-12-15-4-2-1-3-13(15)9-10-19-24(21)22/h6-7,11,13,15,24H,1-5,8-10,12H2,(H,19,21,22). The third-order valence-corrected chi connectivity index (χ3v) is 5.77. The number of hydrogen-bond donors (Lipinski definition) is 2. The molecular weight excluding hydrogens is 326 g/mol. The molecule has 1 aromatic carbocycles. The predicted molar refractivity (Wildman–Crippen MR) is 93.0 cm³/mol. The van der Waals surface area contributed by atoms with Crippen LogP contribution in [0.25, 0.3) is 0 Å². The van der Waals surface area contributed by atoms with E-state index in [9.17, 15) is 13.2 Å². The molecule has 0 amide bonds. The second-order valence-corrected chi connectivity index (χ2v) is 7.64. The number of Topliss-reactive ketones (excluding diaryl/α,β-unsaturated/α-hetero) is 1. The summed E-state index contributed by atoms with van der Waals surface area (Å²) in [5.74, 6) is 2.05. The van der Waals surface area contributed by atoms with Crippen LogP contribution < -0.4 is 9.46 Å². The van der Waals surface area contributed by atoms with Gasteiger partial charge in [0.1, 0.15) is 5.75 Å². The number of aryl methyl sites for hydroxylation is 1. The van der Waals surface area contributed by atoms with Crippen LogP contribution in [0.4, 0.5) is 0 Å². The van der Waals surface area contributed by atoms with Crippen molar-refractivity contribution in [2.75, 3.05) is 13.2 Å². The third-order valence-electron chi connectivity index (χ3n) is 5.29. The zero-order valence-electron chi connectivity index (χ0n) is 13.8. The van der Waals surface area contributed by atoms with E-state index < -0.39 is 10.9 Å². The first kappa shape index (κ1) is 17.4. The van der Waals surface area contributed by atoms with Gasteiger partial charge in [-0.05, 0) is 54.9 Å². The van der Waals surface area contributed by atoms with Crippen LogP contribution in [0, 0.1) is 11.8 Å². The van der Waals surface area contributed by atoms with Crippen LogP contribution >= 0.6 is 0 Å². The molecular formula is C18H25NO4S. The second kappa shape index (κ2) is 8.12. The first-order chi connectivity index (χ1) is 11.6. The molecule has 1 saturated carbocycles. The summed E-state index contributed by atoms with van der Waals surface area (Å²) in [5, 5.41) is 0. The van der Waals surface area contributed by atoms with E-state index in [1.165, 1.54) is 12.8 Å². The Balaban J connectivity index is 1.55. The number of rotatable bonds is 7. The van der Waals surface area contributed by atoms with Crippen molar-refractivity contribution >= 4 is 16.7 Å². The molecule has 0 spiro atoms. The normalized spacial score (nSPS) is 23.5. The van der Waals surface area contributed by atoms with Crippen LogP contribution in [-0.2, 0) is 17.3 Å². The molecule has 132 valence electrons. The molecule has 2 aliphatic carbocycles. The Morgan fingerprint density at radius 2 is 1.92 bits per heavy atom.